The zero-order valence-electron chi connectivity index (χ0n) is 18.2. The topological polar surface area (TPSA) is 70.6 Å². The molecule has 0 saturated carbocycles. The zero-order chi connectivity index (χ0) is 27.1. The van der Waals surface area contributed by atoms with Gasteiger partial charge in [-0.15, -0.1) is 11.3 Å². The van der Waals surface area contributed by atoms with Gasteiger partial charge in [-0.1, -0.05) is 35.9 Å². The van der Waals surface area contributed by atoms with E-state index in [9.17, 15) is 40.3 Å². The van der Waals surface area contributed by atoms with Crippen molar-refractivity contribution in [3.63, 3.8) is 0 Å². The molecule has 2 amide bonds. The Morgan fingerprint density at radius 1 is 0.972 bits per heavy atom. The number of nitrogens with zero attached hydrogens (tertiary/aromatic N) is 1. The fraction of sp³-hybridized carbons (Fsp3) is 0.227. The number of hydrazone groups is 1. The molecule has 0 aliphatic rings. The molecular weight excluding hydrogens is 539 g/mol. The van der Waals surface area contributed by atoms with Gasteiger partial charge in [0.25, 0.3) is 5.91 Å². The second-order valence-electron chi connectivity index (χ2n) is 7.56. The van der Waals surface area contributed by atoms with Crippen LogP contribution in [0, 0.1) is 6.92 Å². The minimum Gasteiger partial charge on any atom is -0.321 e. The van der Waals surface area contributed by atoms with E-state index in [1.807, 2.05) is 19.1 Å². The lowest BCUT2D eigenvalue weighted by molar-refractivity contribution is -0.343. The summed E-state index contributed by atoms with van der Waals surface area (Å²) in [6.45, 7) is 3.36. The van der Waals surface area contributed by atoms with E-state index in [0.717, 1.165) is 22.4 Å². The fourth-order valence-corrected chi connectivity index (χ4v) is 4.40. The number of alkyl halides is 7. The number of anilines is 1. The summed E-state index contributed by atoms with van der Waals surface area (Å²) < 4.78 is 90.5. The van der Waals surface area contributed by atoms with Gasteiger partial charge in [0, 0.05) is 15.8 Å². The van der Waals surface area contributed by atoms with Gasteiger partial charge in [0.1, 0.15) is 4.88 Å². The zero-order valence-corrected chi connectivity index (χ0v) is 19.8. The third-order valence-corrected chi connectivity index (χ3v) is 6.57. The number of fused-ring (bicyclic) bond motifs is 1. The van der Waals surface area contributed by atoms with E-state index < -0.39 is 35.5 Å². The average molecular weight is 554 g/mol. The quantitative estimate of drug-likeness (QED) is 0.200. The van der Waals surface area contributed by atoms with Crippen molar-refractivity contribution in [3.05, 3.63) is 63.5 Å². The van der Waals surface area contributed by atoms with E-state index in [1.54, 1.807) is 6.07 Å². The first kappa shape index (κ1) is 27.4. The molecule has 0 fully saturated rings. The Hall–Kier alpha value is -3.19. The lowest BCUT2D eigenvalue weighted by atomic mass is 10.1. The van der Waals surface area contributed by atoms with Crippen LogP contribution in [0.2, 0.25) is 5.02 Å². The number of hydrogen-bond acceptors (Lipinski definition) is 4. The number of rotatable bonds is 6. The lowest BCUT2D eigenvalue weighted by Gasteiger charge is -2.27. The third kappa shape index (κ3) is 5.16. The van der Waals surface area contributed by atoms with Gasteiger partial charge in [0.05, 0.1) is 10.7 Å². The Labute approximate surface area is 207 Å². The van der Waals surface area contributed by atoms with Gasteiger partial charge in [0.2, 0.25) is 0 Å². The van der Waals surface area contributed by atoms with E-state index in [2.05, 4.69) is 10.5 Å². The molecule has 0 spiro atoms. The normalized spacial score (nSPS) is 13.1. The number of benzene rings is 2. The van der Waals surface area contributed by atoms with Crippen LogP contribution in [-0.4, -0.2) is 35.5 Å². The van der Waals surface area contributed by atoms with Gasteiger partial charge in [-0.3, -0.25) is 9.59 Å². The molecule has 14 heteroatoms. The van der Waals surface area contributed by atoms with Crippen molar-refractivity contribution in [2.75, 3.05) is 5.32 Å². The van der Waals surface area contributed by atoms with E-state index >= 15 is 0 Å². The van der Waals surface area contributed by atoms with Crippen LogP contribution in [-0.2, 0) is 4.79 Å². The number of amides is 2. The Morgan fingerprint density at radius 2 is 1.58 bits per heavy atom. The number of carbonyl (C=O) groups is 2. The highest BCUT2D eigenvalue weighted by Gasteiger charge is 2.76. The van der Waals surface area contributed by atoms with Crippen molar-refractivity contribution in [2.24, 2.45) is 5.10 Å². The van der Waals surface area contributed by atoms with Crippen molar-refractivity contribution >= 4 is 56.2 Å². The summed E-state index contributed by atoms with van der Waals surface area (Å²) in [5, 5.41) is 6.21. The molecule has 3 rings (SSSR count). The molecule has 0 unspecified atom stereocenters. The van der Waals surface area contributed by atoms with E-state index in [0.29, 0.717) is 10.9 Å². The molecule has 3 aromatic rings. The number of nitrogens with one attached hydrogen (secondary N) is 2. The first-order valence-electron chi connectivity index (χ1n) is 9.83. The highest BCUT2D eigenvalue weighted by Crippen LogP contribution is 2.46. The first-order chi connectivity index (χ1) is 16.6. The molecule has 0 aliphatic heterocycles. The van der Waals surface area contributed by atoms with Crippen molar-refractivity contribution in [3.8, 4) is 0 Å². The summed E-state index contributed by atoms with van der Waals surface area (Å²) in [7, 11) is 0. The van der Waals surface area contributed by atoms with Gasteiger partial charge in [0.15, 0.2) is 0 Å². The Balaban J connectivity index is 1.70. The molecule has 5 nitrogen and oxygen atoms in total. The summed E-state index contributed by atoms with van der Waals surface area (Å²) in [6.07, 6.45) is -6.63. The summed E-state index contributed by atoms with van der Waals surface area (Å²) in [4.78, 5) is 24.2. The monoisotopic (exact) mass is 553 g/mol. The largest absolute Gasteiger partial charge is 0.460 e. The molecule has 0 aliphatic carbocycles. The van der Waals surface area contributed by atoms with Crippen LogP contribution >= 0.6 is 22.9 Å². The Morgan fingerprint density at radius 3 is 2.17 bits per heavy atom. The van der Waals surface area contributed by atoms with Crippen LogP contribution in [0.4, 0.5) is 36.4 Å². The third-order valence-electron chi connectivity index (χ3n) is 4.91. The second kappa shape index (κ2) is 9.69. The Bertz CT molecular complexity index is 1350. The predicted molar refractivity (Wildman–Crippen MR) is 122 cm³/mol. The molecule has 0 bridgehead atoms. The molecule has 2 aromatic carbocycles. The SMILES string of the molecule is C/C(=N\NC(=O)c1sc2cc(C)ccc2c1Cl)c1ccc(NC(=O)C(F)(F)C(F)(F)C(F)(F)F)cc1. The summed E-state index contributed by atoms with van der Waals surface area (Å²) in [5.74, 6) is -16.0. The molecule has 1 heterocycles. The second-order valence-corrected chi connectivity index (χ2v) is 8.99. The summed E-state index contributed by atoms with van der Waals surface area (Å²) in [6, 6.07) is 9.92. The predicted octanol–water partition coefficient (Wildman–Crippen LogP) is 6.79. The number of thiophene rings is 1. The van der Waals surface area contributed by atoms with Gasteiger partial charge in [-0.25, -0.2) is 5.43 Å². The smallest absolute Gasteiger partial charge is 0.321 e. The molecule has 192 valence electrons. The minimum absolute atomic E-state index is 0.225. The average Bonchev–Trinajstić information content (AvgIpc) is 3.12. The van der Waals surface area contributed by atoms with Crippen molar-refractivity contribution < 1.29 is 40.3 Å². The molecule has 2 N–H and O–H groups in total. The van der Waals surface area contributed by atoms with E-state index in [-0.39, 0.29) is 15.6 Å². The maximum absolute atomic E-state index is 13.5. The number of aryl methyl sites for hydroxylation is 1. The maximum Gasteiger partial charge on any atom is 0.460 e. The van der Waals surface area contributed by atoms with Crippen LogP contribution in [0.1, 0.15) is 27.7 Å². The van der Waals surface area contributed by atoms with E-state index in [1.165, 1.54) is 35.7 Å². The van der Waals surface area contributed by atoms with Gasteiger partial charge >= 0.3 is 23.9 Å². The van der Waals surface area contributed by atoms with Crippen LogP contribution in [0.15, 0.2) is 47.6 Å². The van der Waals surface area contributed by atoms with E-state index in [4.69, 9.17) is 11.6 Å². The van der Waals surface area contributed by atoms with Gasteiger partial charge in [-0.05, 0) is 43.2 Å². The van der Waals surface area contributed by atoms with Crippen LogP contribution in [0.25, 0.3) is 10.1 Å². The van der Waals surface area contributed by atoms with Gasteiger partial charge < -0.3 is 5.32 Å². The minimum atomic E-state index is -6.63. The molecule has 0 radical (unpaired) electrons. The lowest BCUT2D eigenvalue weighted by Crippen LogP contribution is -2.57. The highest BCUT2D eigenvalue weighted by atomic mass is 35.5. The molecular formula is C22H15ClF7N3O2S. The molecule has 36 heavy (non-hydrogen) atoms. The summed E-state index contributed by atoms with van der Waals surface area (Å²) in [5.41, 5.74) is 3.39. The van der Waals surface area contributed by atoms with Crippen molar-refractivity contribution in [1.82, 2.24) is 5.43 Å². The highest BCUT2D eigenvalue weighted by molar-refractivity contribution is 7.21. The molecule has 1 aromatic heterocycles. The van der Waals surface area contributed by atoms with Crippen LogP contribution < -0.4 is 10.7 Å². The number of halogens is 8. The van der Waals surface area contributed by atoms with Crippen molar-refractivity contribution in [1.29, 1.82) is 0 Å². The number of carbonyl (C=O) groups excluding carboxylic acids is 2. The number of hydrogen-bond donors (Lipinski definition) is 2. The van der Waals surface area contributed by atoms with Crippen LogP contribution in [0.5, 0.6) is 0 Å². The standard InChI is InChI=1S/C22H15ClF7N3O2S/c1-10-3-8-14-15(9-10)36-17(16(14)23)18(34)33-32-11(2)12-4-6-13(7-5-12)31-19(35)20(24,25)21(26,27)22(28,29)30/h3-9H,1-2H3,(H,31,35)(H,33,34)/b32-11+. The molecule has 0 atom stereocenters. The molecule has 0 saturated heterocycles. The maximum atomic E-state index is 13.5. The summed E-state index contributed by atoms with van der Waals surface area (Å²) >= 11 is 7.45. The van der Waals surface area contributed by atoms with Crippen molar-refractivity contribution in [2.45, 2.75) is 31.9 Å². The Kier molecular flexibility index (Phi) is 7.38. The van der Waals surface area contributed by atoms with Crippen LogP contribution in [0.3, 0.4) is 0 Å². The van der Waals surface area contributed by atoms with Gasteiger partial charge in [-0.2, -0.15) is 35.8 Å². The fourth-order valence-electron chi connectivity index (χ4n) is 2.89. The first-order valence-corrected chi connectivity index (χ1v) is 11.0.